The molecule has 5 nitrogen and oxygen atoms in total. The second kappa shape index (κ2) is 7.50. The van der Waals surface area contributed by atoms with Gasteiger partial charge in [0.25, 0.3) is 0 Å². The summed E-state index contributed by atoms with van der Waals surface area (Å²) in [5, 5.41) is 3.83. The van der Waals surface area contributed by atoms with Crippen LogP contribution in [0.25, 0.3) is 10.9 Å². The van der Waals surface area contributed by atoms with Crippen LogP contribution in [0.1, 0.15) is 47.3 Å². The van der Waals surface area contributed by atoms with Crippen molar-refractivity contribution in [1.82, 2.24) is 4.98 Å². The molecule has 0 bridgehead atoms. The highest BCUT2D eigenvalue weighted by molar-refractivity contribution is 6.19. The number of carbonyl (C=O) groups is 2. The van der Waals surface area contributed by atoms with E-state index in [0.717, 1.165) is 48.0 Å². The molecule has 1 amide bonds. The molecule has 1 aromatic heterocycles. The number of fused-ring (bicyclic) bond motifs is 1. The van der Waals surface area contributed by atoms with Gasteiger partial charge in [-0.1, -0.05) is 25.0 Å². The SMILES string of the molecule is COc1ccccc1C(=O)c1c(C)[nH]c2ccc(NC(=O)C3CCCC3)cc12. The zero-order chi connectivity index (χ0) is 19.7. The lowest BCUT2D eigenvalue weighted by Gasteiger charge is -2.11. The minimum Gasteiger partial charge on any atom is -0.496 e. The summed E-state index contributed by atoms with van der Waals surface area (Å²) in [6.45, 7) is 1.89. The minimum atomic E-state index is -0.0968. The van der Waals surface area contributed by atoms with Gasteiger partial charge in [-0.25, -0.2) is 0 Å². The van der Waals surface area contributed by atoms with Crippen LogP contribution < -0.4 is 10.1 Å². The molecular formula is C23H24N2O3. The molecule has 1 aliphatic rings. The monoisotopic (exact) mass is 376 g/mol. The molecule has 3 aromatic rings. The molecule has 0 atom stereocenters. The van der Waals surface area contributed by atoms with Crippen LogP contribution >= 0.6 is 0 Å². The Kier molecular flexibility index (Phi) is 4.90. The first-order chi connectivity index (χ1) is 13.6. The topological polar surface area (TPSA) is 71.2 Å². The predicted molar refractivity (Wildman–Crippen MR) is 110 cm³/mol. The Morgan fingerprint density at radius 1 is 1.11 bits per heavy atom. The Hall–Kier alpha value is -3.08. The summed E-state index contributed by atoms with van der Waals surface area (Å²) in [4.78, 5) is 29.0. The summed E-state index contributed by atoms with van der Waals surface area (Å²) < 4.78 is 5.36. The maximum Gasteiger partial charge on any atom is 0.227 e. The first kappa shape index (κ1) is 18.3. The van der Waals surface area contributed by atoms with E-state index in [2.05, 4.69) is 10.3 Å². The lowest BCUT2D eigenvalue weighted by atomic mass is 9.99. The van der Waals surface area contributed by atoms with Crippen LogP contribution in [-0.2, 0) is 4.79 Å². The van der Waals surface area contributed by atoms with Gasteiger partial charge in [0.15, 0.2) is 5.78 Å². The highest BCUT2D eigenvalue weighted by atomic mass is 16.5. The molecule has 1 saturated carbocycles. The maximum absolute atomic E-state index is 13.3. The van der Waals surface area contributed by atoms with E-state index in [4.69, 9.17) is 4.74 Å². The first-order valence-electron chi connectivity index (χ1n) is 9.69. The Labute approximate surface area is 164 Å². The van der Waals surface area contributed by atoms with Gasteiger partial charge in [-0.05, 0) is 50.1 Å². The molecule has 0 saturated heterocycles. The molecule has 28 heavy (non-hydrogen) atoms. The van der Waals surface area contributed by atoms with Crippen molar-refractivity contribution in [2.24, 2.45) is 5.92 Å². The number of methoxy groups -OCH3 is 1. The van der Waals surface area contributed by atoms with Crippen molar-refractivity contribution in [2.45, 2.75) is 32.6 Å². The average molecular weight is 376 g/mol. The summed E-state index contributed by atoms with van der Waals surface area (Å²) >= 11 is 0. The molecule has 1 heterocycles. The number of para-hydroxylation sites is 1. The van der Waals surface area contributed by atoms with Crippen LogP contribution in [0.3, 0.4) is 0 Å². The summed E-state index contributed by atoms with van der Waals surface area (Å²) in [5.41, 5.74) is 3.52. The summed E-state index contributed by atoms with van der Waals surface area (Å²) in [6.07, 6.45) is 4.14. The van der Waals surface area contributed by atoms with Gasteiger partial charge in [0, 0.05) is 28.2 Å². The quantitative estimate of drug-likeness (QED) is 0.626. The van der Waals surface area contributed by atoms with Crippen LogP contribution in [0, 0.1) is 12.8 Å². The Morgan fingerprint density at radius 3 is 2.61 bits per heavy atom. The number of nitrogens with one attached hydrogen (secondary N) is 2. The lowest BCUT2D eigenvalue weighted by Crippen LogP contribution is -2.20. The molecule has 5 heteroatoms. The minimum absolute atomic E-state index is 0.0710. The number of rotatable bonds is 5. The predicted octanol–water partition coefficient (Wildman–Crippen LogP) is 4.84. The van der Waals surface area contributed by atoms with Gasteiger partial charge >= 0.3 is 0 Å². The number of H-pyrrole nitrogens is 1. The fourth-order valence-corrected chi connectivity index (χ4v) is 4.10. The van der Waals surface area contributed by atoms with Gasteiger partial charge in [-0.15, -0.1) is 0 Å². The smallest absolute Gasteiger partial charge is 0.227 e. The fourth-order valence-electron chi connectivity index (χ4n) is 4.10. The number of ketones is 1. The summed E-state index contributed by atoms with van der Waals surface area (Å²) in [7, 11) is 1.56. The highest BCUT2D eigenvalue weighted by Gasteiger charge is 2.24. The largest absolute Gasteiger partial charge is 0.496 e. The number of hydrogen-bond donors (Lipinski definition) is 2. The van der Waals surface area contributed by atoms with Crippen LogP contribution in [0.5, 0.6) is 5.75 Å². The van der Waals surface area contributed by atoms with Gasteiger partial charge in [0.2, 0.25) is 5.91 Å². The van der Waals surface area contributed by atoms with Crippen LogP contribution in [-0.4, -0.2) is 23.8 Å². The number of anilines is 1. The molecule has 2 aromatic carbocycles. The van der Waals surface area contributed by atoms with Crippen LogP contribution in [0.4, 0.5) is 5.69 Å². The Bertz CT molecular complexity index is 1050. The Balaban J connectivity index is 1.71. The number of benzene rings is 2. The average Bonchev–Trinajstić information content (AvgIpc) is 3.34. The molecular weight excluding hydrogens is 352 g/mol. The molecule has 0 unspecified atom stereocenters. The zero-order valence-electron chi connectivity index (χ0n) is 16.2. The maximum atomic E-state index is 13.3. The van der Waals surface area contributed by atoms with Gasteiger partial charge in [0.05, 0.1) is 18.2 Å². The molecule has 0 radical (unpaired) electrons. The summed E-state index contributed by atoms with van der Waals surface area (Å²) in [5.74, 6) is 0.618. The first-order valence-corrected chi connectivity index (χ1v) is 9.69. The number of carbonyl (C=O) groups excluding carboxylic acids is 2. The van der Waals surface area contributed by atoms with E-state index in [1.165, 1.54) is 0 Å². The third-order valence-electron chi connectivity index (χ3n) is 5.56. The van der Waals surface area contributed by atoms with Crippen molar-refractivity contribution < 1.29 is 14.3 Å². The molecule has 2 N–H and O–H groups in total. The van der Waals surface area contributed by atoms with E-state index in [1.54, 1.807) is 19.2 Å². The number of aromatic nitrogens is 1. The van der Waals surface area contributed by atoms with Crippen molar-refractivity contribution in [2.75, 3.05) is 12.4 Å². The highest BCUT2D eigenvalue weighted by Crippen LogP contribution is 2.31. The van der Waals surface area contributed by atoms with E-state index in [1.807, 2.05) is 37.3 Å². The fraction of sp³-hybridized carbons (Fsp3) is 0.304. The normalized spacial score (nSPS) is 14.4. The second-order valence-electron chi connectivity index (χ2n) is 7.39. The van der Waals surface area contributed by atoms with Crippen LogP contribution in [0.15, 0.2) is 42.5 Å². The number of ether oxygens (including phenoxy) is 1. The van der Waals surface area contributed by atoms with E-state index in [0.29, 0.717) is 16.9 Å². The van der Waals surface area contributed by atoms with Crippen molar-refractivity contribution in [3.63, 3.8) is 0 Å². The number of hydrogen-bond acceptors (Lipinski definition) is 3. The van der Waals surface area contributed by atoms with Crippen molar-refractivity contribution in [3.8, 4) is 5.75 Å². The molecule has 1 aliphatic carbocycles. The Morgan fingerprint density at radius 2 is 1.86 bits per heavy atom. The third kappa shape index (κ3) is 3.28. The summed E-state index contributed by atoms with van der Waals surface area (Å²) in [6, 6.07) is 12.9. The van der Waals surface area contributed by atoms with Crippen molar-refractivity contribution in [1.29, 1.82) is 0 Å². The van der Waals surface area contributed by atoms with E-state index < -0.39 is 0 Å². The number of aromatic amines is 1. The molecule has 4 rings (SSSR count). The molecule has 0 aliphatic heterocycles. The van der Waals surface area contributed by atoms with Gasteiger partial charge < -0.3 is 15.0 Å². The lowest BCUT2D eigenvalue weighted by molar-refractivity contribution is -0.119. The van der Waals surface area contributed by atoms with E-state index >= 15 is 0 Å². The van der Waals surface area contributed by atoms with Crippen molar-refractivity contribution >= 4 is 28.3 Å². The number of amides is 1. The van der Waals surface area contributed by atoms with Gasteiger partial charge in [-0.2, -0.15) is 0 Å². The third-order valence-corrected chi connectivity index (χ3v) is 5.56. The number of aryl methyl sites for hydroxylation is 1. The molecule has 1 fully saturated rings. The van der Waals surface area contributed by atoms with E-state index in [-0.39, 0.29) is 17.6 Å². The van der Waals surface area contributed by atoms with Crippen molar-refractivity contribution in [3.05, 3.63) is 59.3 Å². The molecule has 0 spiro atoms. The van der Waals surface area contributed by atoms with Gasteiger partial charge in [-0.3, -0.25) is 9.59 Å². The zero-order valence-corrected chi connectivity index (χ0v) is 16.2. The standard InChI is InChI=1S/C23H24N2O3/c1-14-21(22(26)17-9-5-6-10-20(17)28-2)18-13-16(11-12-19(18)24-14)25-23(27)15-7-3-4-8-15/h5-6,9-13,15,24H,3-4,7-8H2,1-2H3,(H,25,27). The van der Waals surface area contributed by atoms with E-state index in [9.17, 15) is 9.59 Å². The van der Waals surface area contributed by atoms with Gasteiger partial charge in [0.1, 0.15) is 5.75 Å². The second-order valence-corrected chi connectivity index (χ2v) is 7.39. The van der Waals surface area contributed by atoms with Crippen LogP contribution in [0.2, 0.25) is 0 Å². The molecule has 144 valence electrons.